The van der Waals surface area contributed by atoms with Crippen molar-refractivity contribution in [2.75, 3.05) is 12.8 Å². The van der Waals surface area contributed by atoms with E-state index in [0.29, 0.717) is 18.6 Å². The number of ether oxygens (including phenoxy) is 1. The lowest BCUT2D eigenvalue weighted by Crippen LogP contribution is -2.05. The molecular formula is C15H29AlO5P. The van der Waals surface area contributed by atoms with Crippen LogP contribution in [-0.2, 0) is 14.1 Å². The largest absolute Gasteiger partial charge is 0.462 e. The fourth-order valence-electron chi connectivity index (χ4n) is 1.95. The van der Waals surface area contributed by atoms with E-state index in [2.05, 4.69) is 6.58 Å². The SMILES string of the molecule is C=C(C)C(=O)OCCCCCCCCCCCP(=O)(O)O.[Al]. The molecule has 0 unspecified atom stereocenters. The second-order valence-electron chi connectivity index (χ2n) is 5.49. The van der Waals surface area contributed by atoms with Crippen molar-refractivity contribution in [2.45, 2.75) is 64.7 Å². The van der Waals surface area contributed by atoms with E-state index in [1.807, 2.05) is 0 Å². The van der Waals surface area contributed by atoms with Gasteiger partial charge < -0.3 is 14.5 Å². The summed E-state index contributed by atoms with van der Waals surface area (Å²) in [6.07, 6.45) is 9.06. The summed E-state index contributed by atoms with van der Waals surface area (Å²) in [5, 5.41) is 0. The highest BCUT2D eigenvalue weighted by atomic mass is 31.2. The molecule has 0 rings (SSSR count). The van der Waals surface area contributed by atoms with E-state index in [9.17, 15) is 9.36 Å². The van der Waals surface area contributed by atoms with E-state index >= 15 is 0 Å². The number of rotatable bonds is 13. The molecule has 0 saturated heterocycles. The van der Waals surface area contributed by atoms with Gasteiger partial charge in [0, 0.05) is 29.1 Å². The van der Waals surface area contributed by atoms with Crippen LogP contribution < -0.4 is 0 Å². The first-order chi connectivity index (χ1) is 9.83. The molecule has 0 aliphatic heterocycles. The topological polar surface area (TPSA) is 83.8 Å². The van der Waals surface area contributed by atoms with Gasteiger partial charge >= 0.3 is 13.6 Å². The van der Waals surface area contributed by atoms with Gasteiger partial charge in [-0.25, -0.2) is 4.79 Å². The van der Waals surface area contributed by atoms with Gasteiger partial charge in [-0.1, -0.05) is 51.5 Å². The van der Waals surface area contributed by atoms with Gasteiger partial charge in [0.15, 0.2) is 0 Å². The Morgan fingerprint density at radius 1 is 0.955 bits per heavy atom. The summed E-state index contributed by atoms with van der Waals surface area (Å²) in [6.45, 7) is 5.63. The Balaban J connectivity index is 0. The van der Waals surface area contributed by atoms with Crippen LogP contribution in [0.15, 0.2) is 12.2 Å². The number of hydrogen-bond acceptors (Lipinski definition) is 3. The quantitative estimate of drug-likeness (QED) is 0.175. The van der Waals surface area contributed by atoms with Gasteiger partial charge in [-0.3, -0.25) is 4.57 Å². The Bertz CT molecular complexity index is 354. The number of esters is 1. The average molecular weight is 347 g/mol. The molecule has 0 saturated carbocycles. The zero-order valence-corrected chi connectivity index (χ0v) is 15.7. The summed E-state index contributed by atoms with van der Waals surface area (Å²) in [6, 6.07) is 0. The first kappa shape index (κ1) is 24.1. The van der Waals surface area contributed by atoms with Gasteiger partial charge in [-0.2, -0.15) is 0 Å². The summed E-state index contributed by atoms with van der Waals surface area (Å²) >= 11 is 0. The van der Waals surface area contributed by atoms with Crippen LogP contribution in [0.25, 0.3) is 0 Å². The molecule has 7 heteroatoms. The van der Waals surface area contributed by atoms with Crippen molar-refractivity contribution in [3.63, 3.8) is 0 Å². The van der Waals surface area contributed by atoms with Gasteiger partial charge in [0.25, 0.3) is 0 Å². The van der Waals surface area contributed by atoms with E-state index < -0.39 is 7.60 Å². The molecule has 0 aliphatic carbocycles. The molecule has 0 amide bonds. The van der Waals surface area contributed by atoms with Crippen molar-refractivity contribution in [1.82, 2.24) is 0 Å². The maximum absolute atomic E-state index is 11.1. The normalized spacial score (nSPS) is 10.9. The van der Waals surface area contributed by atoms with Gasteiger partial charge in [0.2, 0.25) is 0 Å². The van der Waals surface area contributed by atoms with Crippen LogP contribution in [0.2, 0.25) is 0 Å². The number of hydrogen-bond donors (Lipinski definition) is 2. The number of unbranched alkanes of at least 4 members (excludes halogenated alkanes) is 8. The first-order valence-electron chi connectivity index (χ1n) is 7.70. The van der Waals surface area contributed by atoms with Crippen molar-refractivity contribution in [3.05, 3.63) is 12.2 Å². The number of carbonyl (C=O) groups excluding carboxylic acids is 1. The van der Waals surface area contributed by atoms with Crippen LogP contribution in [0.4, 0.5) is 0 Å². The van der Waals surface area contributed by atoms with Crippen molar-refractivity contribution >= 4 is 30.9 Å². The zero-order valence-electron chi connectivity index (χ0n) is 13.6. The zero-order chi connectivity index (χ0) is 16.1. The third-order valence-electron chi connectivity index (χ3n) is 3.18. The molecule has 0 fully saturated rings. The third kappa shape index (κ3) is 17.9. The minimum atomic E-state index is -3.80. The van der Waals surface area contributed by atoms with Crippen molar-refractivity contribution < 1.29 is 23.9 Å². The summed E-state index contributed by atoms with van der Waals surface area (Å²) < 4.78 is 15.6. The Morgan fingerprint density at radius 3 is 1.77 bits per heavy atom. The predicted octanol–water partition coefficient (Wildman–Crippen LogP) is 3.41. The van der Waals surface area contributed by atoms with Crippen LogP contribution >= 0.6 is 7.60 Å². The molecule has 2 N–H and O–H groups in total. The lowest BCUT2D eigenvalue weighted by Gasteiger charge is -2.05. The molecule has 127 valence electrons. The molecule has 3 radical (unpaired) electrons. The summed E-state index contributed by atoms with van der Waals surface area (Å²) in [5.74, 6) is -0.315. The Kier molecular flexibility index (Phi) is 15.9. The average Bonchev–Trinajstić information content (AvgIpc) is 2.38. The molecule has 5 nitrogen and oxygen atoms in total. The summed E-state index contributed by atoms with van der Waals surface area (Å²) in [7, 11) is -3.80. The monoisotopic (exact) mass is 347 g/mol. The van der Waals surface area contributed by atoms with Crippen LogP contribution in [0, 0.1) is 0 Å². The molecule has 0 aliphatic rings. The Labute approximate surface area is 144 Å². The standard InChI is InChI=1S/C15H29O5P.Al/c1-14(2)15(16)20-12-10-8-6-4-3-5-7-9-11-13-21(17,18)19;/h1,3-13H2,2H3,(H2,17,18,19);. The molecular weight excluding hydrogens is 318 g/mol. The molecule has 22 heavy (non-hydrogen) atoms. The van der Waals surface area contributed by atoms with Gasteiger partial charge in [0.05, 0.1) is 6.61 Å². The second-order valence-corrected chi connectivity index (χ2v) is 7.26. The van der Waals surface area contributed by atoms with E-state index in [0.717, 1.165) is 51.4 Å². The minimum absolute atomic E-state index is 0. The highest BCUT2D eigenvalue weighted by molar-refractivity contribution is 7.51. The maximum Gasteiger partial charge on any atom is 0.333 e. The molecule has 0 bridgehead atoms. The molecule has 0 spiro atoms. The molecule has 0 aromatic rings. The lowest BCUT2D eigenvalue weighted by atomic mass is 10.1. The number of carbonyl (C=O) groups is 1. The van der Waals surface area contributed by atoms with Gasteiger partial charge in [-0.05, 0) is 19.8 Å². The summed E-state index contributed by atoms with van der Waals surface area (Å²) in [5.41, 5.74) is 0.439. The first-order valence-corrected chi connectivity index (χ1v) is 9.50. The van der Waals surface area contributed by atoms with Crippen LogP contribution in [0.5, 0.6) is 0 Å². The Morgan fingerprint density at radius 2 is 1.36 bits per heavy atom. The van der Waals surface area contributed by atoms with E-state index in [1.165, 1.54) is 0 Å². The minimum Gasteiger partial charge on any atom is -0.462 e. The molecule has 0 aromatic carbocycles. The van der Waals surface area contributed by atoms with Gasteiger partial charge in [0.1, 0.15) is 0 Å². The van der Waals surface area contributed by atoms with Crippen molar-refractivity contribution in [3.8, 4) is 0 Å². The third-order valence-corrected chi connectivity index (χ3v) is 4.07. The van der Waals surface area contributed by atoms with Crippen LogP contribution in [0.3, 0.4) is 0 Å². The smallest absolute Gasteiger partial charge is 0.333 e. The molecule has 0 heterocycles. The van der Waals surface area contributed by atoms with E-state index in [1.54, 1.807) is 6.92 Å². The van der Waals surface area contributed by atoms with E-state index in [4.69, 9.17) is 14.5 Å². The molecule has 0 atom stereocenters. The van der Waals surface area contributed by atoms with Gasteiger partial charge in [-0.15, -0.1) is 0 Å². The van der Waals surface area contributed by atoms with Crippen LogP contribution in [-0.4, -0.2) is 45.9 Å². The highest BCUT2D eigenvalue weighted by Gasteiger charge is 2.10. The fraction of sp³-hybridized carbons (Fsp3) is 0.800. The predicted molar refractivity (Wildman–Crippen MR) is 90.0 cm³/mol. The maximum atomic E-state index is 11.1. The molecule has 0 aromatic heterocycles. The second kappa shape index (κ2) is 14.5. The Hall–Kier alpha value is -0.108. The fourth-order valence-corrected chi connectivity index (χ4v) is 2.58. The van der Waals surface area contributed by atoms with Crippen molar-refractivity contribution in [1.29, 1.82) is 0 Å². The van der Waals surface area contributed by atoms with E-state index in [-0.39, 0.29) is 29.5 Å². The van der Waals surface area contributed by atoms with Crippen molar-refractivity contribution in [2.24, 2.45) is 0 Å². The lowest BCUT2D eigenvalue weighted by molar-refractivity contribution is -0.139. The highest BCUT2D eigenvalue weighted by Crippen LogP contribution is 2.35. The summed E-state index contributed by atoms with van der Waals surface area (Å²) in [4.78, 5) is 28.5. The van der Waals surface area contributed by atoms with Crippen LogP contribution in [0.1, 0.15) is 64.7 Å².